The van der Waals surface area contributed by atoms with Crippen molar-refractivity contribution in [1.82, 2.24) is 10.3 Å². The van der Waals surface area contributed by atoms with Crippen molar-refractivity contribution < 1.29 is 9.59 Å². The molecule has 1 aliphatic rings. The summed E-state index contributed by atoms with van der Waals surface area (Å²) in [5, 5.41) is 3.89. The molecule has 0 saturated carbocycles. The highest BCUT2D eigenvalue weighted by Crippen LogP contribution is 2.31. The van der Waals surface area contributed by atoms with Crippen molar-refractivity contribution in [1.29, 1.82) is 0 Å². The molecular formula is C21H21N3O2S. The number of amides is 2. The second kappa shape index (κ2) is 7.48. The lowest BCUT2D eigenvalue weighted by Crippen LogP contribution is -2.30. The molecule has 1 N–H and O–H groups in total. The molecule has 0 radical (unpaired) electrons. The summed E-state index contributed by atoms with van der Waals surface area (Å²) < 4.78 is 1.17. The zero-order chi connectivity index (χ0) is 18.8. The van der Waals surface area contributed by atoms with Crippen LogP contribution in [-0.4, -0.2) is 29.9 Å². The average Bonchev–Trinajstić information content (AvgIpc) is 3.31. The molecule has 2 heterocycles. The van der Waals surface area contributed by atoms with Gasteiger partial charge in [-0.25, -0.2) is 4.98 Å². The summed E-state index contributed by atoms with van der Waals surface area (Å²) in [4.78, 5) is 30.1. The van der Waals surface area contributed by atoms with Crippen LogP contribution >= 0.6 is 11.3 Å². The lowest BCUT2D eigenvalue weighted by Gasteiger charge is -2.18. The molecule has 1 unspecified atom stereocenters. The predicted octanol–water partition coefficient (Wildman–Crippen LogP) is 3.98. The minimum Gasteiger partial charge on any atom is -0.353 e. The first-order valence-corrected chi connectivity index (χ1v) is 9.94. The Morgan fingerprint density at radius 3 is 2.70 bits per heavy atom. The number of anilines is 1. The number of hydrogen-bond donors (Lipinski definition) is 1. The van der Waals surface area contributed by atoms with Crippen molar-refractivity contribution in [3.8, 4) is 10.6 Å². The molecule has 138 valence electrons. The number of nitrogens with one attached hydrogen (secondary N) is 1. The fourth-order valence-electron chi connectivity index (χ4n) is 3.33. The van der Waals surface area contributed by atoms with Crippen molar-refractivity contribution in [3.63, 3.8) is 0 Å². The summed E-state index contributed by atoms with van der Waals surface area (Å²) in [6.45, 7) is 0. The molecule has 1 saturated heterocycles. The van der Waals surface area contributed by atoms with E-state index in [2.05, 4.69) is 16.4 Å². The highest BCUT2D eigenvalue weighted by Gasteiger charge is 2.22. The number of carbonyl (C=O) groups is 2. The first-order chi connectivity index (χ1) is 13.1. The predicted molar refractivity (Wildman–Crippen MR) is 109 cm³/mol. The Kier molecular flexibility index (Phi) is 4.90. The molecule has 5 nitrogen and oxygen atoms in total. The van der Waals surface area contributed by atoms with Gasteiger partial charge in [0.2, 0.25) is 11.8 Å². The molecular weight excluding hydrogens is 358 g/mol. The molecule has 0 spiro atoms. The Morgan fingerprint density at radius 2 is 2.00 bits per heavy atom. The molecule has 0 aliphatic carbocycles. The Balaban J connectivity index is 1.41. The summed E-state index contributed by atoms with van der Waals surface area (Å²) in [7, 11) is 1.79. The van der Waals surface area contributed by atoms with Crippen LogP contribution in [0.1, 0.15) is 25.7 Å². The second-order valence-electron chi connectivity index (χ2n) is 6.83. The van der Waals surface area contributed by atoms with Crippen molar-refractivity contribution >= 4 is 39.1 Å². The van der Waals surface area contributed by atoms with Gasteiger partial charge < -0.3 is 10.2 Å². The van der Waals surface area contributed by atoms with Crippen LogP contribution in [0.2, 0.25) is 0 Å². The topological polar surface area (TPSA) is 62.3 Å². The van der Waals surface area contributed by atoms with Crippen molar-refractivity contribution in [3.05, 3.63) is 48.5 Å². The summed E-state index contributed by atoms with van der Waals surface area (Å²) >= 11 is 1.67. The molecule has 1 fully saturated rings. The molecule has 6 heteroatoms. The van der Waals surface area contributed by atoms with Gasteiger partial charge in [-0.1, -0.05) is 12.1 Å². The molecule has 3 aromatic rings. The number of fused-ring (bicyclic) bond motifs is 1. The van der Waals surface area contributed by atoms with E-state index in [1.807, 2.05) is 42.5 Å². The maximum absolute atomic E-state index is 12.5. The van der Waals surface area contributed by atoms with Crippen molar-refractivity contribution in [2.24, 2.45) is 0 Å². The maximum atomic E-state index is 12.5. The fourth-order valence-corrected chi connectivity index (χ4v) is 4.30. The number of benzene rings is 2. The first kappa shape index (κ1) is 17.7. The number of nitrogens with zero attached hydrogens (tertiary/aromatic N) is 2. The van der Waals surface area contributed by atoms with Crippen LogP contribution in [0, 0.1) is 0 Å². The van der Waals surface area contributed by atoms with Crippen LogP contribution in [0.25, 0.3) is 20.8 Å². The van der Waals surface area contributed by atoms with E-state index in [0.29, 0.717) is 19.3 Å². The number of thiazole rings is 1. The number of carbonyl (C=O) groups excluding carboxylic acids is 2. The highest BCUT2D eigenvalue weighted by atomic mass is 32.1. The van der Waals surface area contributed by atoms with E-state index in [9.17, 15) is 9.59 Å². The van der Waals surface area contributed by atoms with E-state index in [1.54, 1.807) is 23.3 Å². The molecule has 4 rings (SSSR count). The average molecular weight is 379 g/mol. The molecule has 1 aliphatic heterocycles. The lowest BCUT2D eigenvalue weighted by molar-refractivity contribution is -0.120. The van der Waals surface area contributed by atoms with Gasteiger partial charge in [0.15, 0.2) is 0 Å². The summed E-state index contributed by atoms with van der Waals surface area (Å²) in [5.41, 5.74) is 2.92. The number of rotatable bonds is 5. The third kappa shape index (κ3) is 3.85. The van der Waals surface area contributed by atoms with Gasteiger partial charge >= 0.3 is 0 Å². The van der Waals surface area contributed by atoms with Gasteiger partial charge in [-0.05, 0) is 49.2 Å². The van der Waals surface area contributed by atoms with E-state index >= 15 is 0 Å². The molecule has 27 heavy (non-hydrogen) atoms. The molecule has 1 aromatic heterocycles. The van der Waals surface area contributed by atoms with Crippen LogP contribution in [0.5, 0.6) is 0 Å². The standard InChI is InChI=1S/C21H21N3O2S/c1-24(20(26)13-9-15-8-12-19(25)22-15)16-10-6-14(7-11-16)21-23-17-4-2-3-5-18(17)27-21/h2-7,10-11,15H,8-9,12-13H2,1H3,(H,22,25). The van der Waals surface area contributed by atoms with Gasteiger partial charge in [0.1, 0.15) is 5.01 Å². The Labute approximate surface area is 162 Å². The highest BCUT2D eigenvalue weighted by molar-refractivity contribution is 7.21. The summed E-state index contributed by atoms with van der Waals surface area (Å²) in [6, 6.07) is 16.2. The molecule has 2 aromatic carbocycles. The summed E-state index contributed by atoms with van der Waals surface area (Å²) in [6.07, 6.45) is 2.52. The van der Waals surface area contributed by atoms with Crippen molar-refractivity contribution in [2.75, 3.05) is 11.9 Å². The fraction of sp³-hybridized carbons (Fsp3) is 0.286. The van der Waals surface area contributed by atoms with Crippen LogP contribution in [0.4, 0.5) is 5.69 Å². The van der Waals surface area contributed by atoms with E-state index in [4.69, 9.17) is 0 Å². The Hall–Kier alpha value is -2.73. The monoisotopic (exact) mass is 379 g/mol. The summed E-state index contributed by atoms with van der Waals surface area (Å²) in [5.74, 6) is 0.148. The number of para-hydroxylation sites is 1. The molecule has 2 amide bonds. The third-order valence-electron chi connectivity index (χ3n) is 4.96. The largest absolute Gasteiger partial charge is 0.353 e. The minimum absolute atomic E-state index is 0.0592. The van der Waals surface area contributed by atoms with E-state index in [1.165, 1.54) is 4.70 Å². The number of aromatic nitrogens is 1. The van der Waals surface area contributed by atoms with Crippen LogP contribution in [-0.2, 0) is 9.59 Å². The van der Waals surface area contributed by atoms with Crippen LogP contribution < -0.4 is 10.2 Å². The van der Waals surface area contributed by atoms with Crippen molar-refractivity contribution in [2.45, 2.75) is 31.7 Å². The number of hydrogen-bond acceptors (Lipinski definition) is 4. The lowest BCUT2D eigenvalue weighted by atomic mass is 10.1. The van der Waals surface area contributed by atoms with E-state index in [0.717, 1.165) is 28.2 Å². The zero-order valence-corrected chi connectivity index (χ0v) is 16.0. The Morgan fingerprint density at radius 1 is 1.22 bits per heavy atom. The minimum atomic E-state index is 0.0592. The van der Waals surface area contributed by atoms with E-state index in [-0.39, 0.29) is 17.9 Å². The maximum Gasteiger partial charge on any atom is 0.226 e. The molecule has 1 atom stereocenters. The van der Waals surface area contributed by atoms with Gasteiger partial charge in [0, 0.05) is 37.2 Å². The van der Waals surface area contributed by atoms with E-state index < -0.39 is 0 Å². The zero-order valence-electron chi connectivity index (χ0n) is 15.1. The first-order valence-electron chi connectivity index (χ1n) is 9.12. The third-order valence-corrected chi connectivity index (χ3v) is 6.05. The second-order valence-corrected chi connectivity index (χ2v) is 7.86. The van der Waals surface area contributed by atoms with Crippen LogP contribution in [0.15, 0.2) is 48.5 Å². The molecule has 0 bridgehead atoms. The quantitative estimate of drug-likeness (QED) is 0.729. The van der Waals surface area contributed by atoms with Gasteiger partial charge in [-0.2, -0.15) is 0 Å². The smallest absolute Gasteiger partial charge is 0.226 e. The van der Waals surface area contributed by atoms with Gasteiger partial charge in [0.05, 0.1) is 10.2 Å². The van der Waals surface area contributed by atoms with Crippen LogP contribution in [0.3, 0.4) is 0 Å². The SMILES string of the molecule is CN(C(=O)CCC1CCC(=O)N1)c1ccc(-c2nc3ccccc3s2)cc1. The normalized spacial score (nSPS) is 16.5. The Bertz CT molecular complexity index is 948. The van der Waals surface area contributed by atoms with Gasteiger partial charge in [-0.3, -0.25) is 9.59 Å². The van der Waals surface area contributed by atoms with Gasteiger partial charge in [0.25, 0.3) is 0 Å². The van der Waals surface area contributed by atoms with Gasteiger partial charge in [-0.15, -0.1) is 11.3 Å².